The molecule has 0 saturated carbocycles. The number of amides is 2. The fourth-order valence-corrected chi connectivity index (χ4v) is 2.20. The summed E-state index contributed by atoms with van der Waals surface area (Å²) in [5, 5.41) is 0.552. The van der Waals surface area contributed by atoms with Gasteiger partial charge in [-0.05, 0) is 24.6 Å². The number of rotatable bonds is 4. The summed E-state index contributed by atoms with van der Waals surface area (Å²) in [6, 6.07) is 5.19. The Balaban J connectivity index is 2.06. The summed E-state index contributed by atoms with van der Waals surface area (Å²) in [5.41, 5.74) is 0.672. The van der Waals surface area contributed by atoms with Crippen molar-refractivity contribution in [2.75, 3.05) is 32.1 Å². The minimum atomic E-state index is -0.114. The van der Waals surface area contributed by atoms with Gasteiger partial charge in [-0.3, -0.25) is 9.59 Å². The summed E-state index contributed by atoms with van der Waals surface area (Å²) in [7, 11) is 3.44. The SMILES string of the molecule is CN(C)C(=O)CCCN1C(=O)COc2ccc(Cl)cc21. The van der Waals surface area contributed by atoms with Gasteiger partial charge in [0.25, 0.3) is 5.91 Å². The molecule has 2 rings (SSSR count). The molecule has 20 heavy (non-hydrogen) atoms. The molecule has 0 atom stereocenters. The van der Waals surface area contributed by atoms with E-state index in [4.69, 9.17) is 16.3 Å². The number of nitrogens with zero attached hydrogens (tertiary/aromatic N) is 2. The van der Waals surface area contributed by atoms with E-state index in [0.29, 0.717) is 35.8 Å². The Kier molecular flexibility index (Phi) is 4.49. The van der Waals surface area contributed by atoms with Gasteiger partial charge < -0.3 is 14.5 Å². The van der Waals surface area contributed by atoms with Crippen LogP contribution < -0.4 is 9.64 Å². The maximum atomic E-state index is 11.9. The zero-order chi connectivity index (χ0) is 14.7. The van der Waals surface area contributed by atoms with Gasteiger partial charge in [0, 0.05) is 32.1 Å². The maximum Gasteiger partial charge on any atom is 0.265 e. The first-order valence-electron chi connectivity index (χ1n) is 6.42. The van der Waals surface area contributed by atoms with Gasteiger partial charge in [0.2, 0.25) is 5.91 Å². The molecule has 1 aliphatic heterocycles. The highest BCUT2D eigenvalue weighted by atomic mass is 35.5. The van der Waals surface area contributed by atoms with E-state index in [1.807, 2.05) is 0 Å². The van der Waals surface area contributed by atoms with Gasteiger partial charge >= 0.3 is 0 Å². The molecule has 0 radical (unpaired) electrons. The fraction of sp³-hybridized carbons (Fsp3) is 0.429. The second kappa shape index (κ2) is 6.13. The molecule has 5 nitrogen and oxygen atoms in total. The van der Waals surface area contributed by atoms with Crippen LogP contribution in [-0.2, 0) is 9.59 Å². The van der Waals surface area contributed by atoms with Crippen molar-refractivity contribution >= 4 is 29.1 Å². The van der Waals surface area contributed by atoms with Gasteiger partial charge in [0.1, 0.15) is 5.75 Å². The molecule has 1 heterocycles. The largest absolute Gasteiger partial charge is 0.482 e. The minimum absolute atomic E-state index is 0.0241. The molecule has 0 saturated heterocycles. The van der Waals surface area contributed by atoms with Gasteiger partial charge in [-0.25, -0.2) is 0 Å². The van der Waals surface area contributed by atoms with Gasteiger partial charge in [0.05, 0.1) is 5.69 Å². The first-order chi connectivity index (χ1) is 9.49. The minimum Gasteiger partial charge on any atom is -0.482 e. The Labute approximate surface area is 123 Å². The standard InChI is InChI=1S/C14H17ClN2O3/c1-16(2)13(18)4-3-7-17-11-8-10(15)5-6-12(11)20-9-14(17)19/h5-6,8H,3-4,7,9H2,1-2H3. The Morgan fingerprint density at radius 3 is 2.90 bits per heavy atom. The summed E-state index contributed by atoms with van der Waals surface area (Å²) >= 11 is 5.96. The molecule has 2 amide bonds. The van der Waals surface area contributed by atoms with Crippen LogP contribution in [0.5, 0.6) is 5.75 Å². The Bertz CT molecular complexity index is 531. The highest BCUT2D eigenvalue weighted by Gasteiger charge is 2.25. The zero-order valence-electron chi connectivity index (χ0n) is 11.6. The Morgan fingerprint density at radius 1 is 1.45 bits per heavy atom. The molecule has 1 aromatic rings. The van der Waals surface area contributed by atoms with E-state index in [2.05, 4.69) is 0 Å². The van der Waals surface area contributed by atoms with E-state index >= 15 is 0 Å². The van der Waals surface area contributed by atoms with Crippen LogP contribution in [0.15, 0.2) is 18.2 Å². The van der Waals surface area contributed by atoms with Crippen LogP contribution in [0, 0.1) is 0 Å². The van der Waals surface area contributed by atoms with Crippen molar-refractivity contribution in [3.8, 4) is 5.75 Å². The van der Waals surface area contributed by atoms with E-state index in [-0.39, 0.29) is 18.4 Å². The average Bonchev–Trinajstić information content (AvgIpc) is 2.41. The van der Waals surface area contributed by atoms with Crippen molar-refractivity contribution in [3.05, 3.63) is 23.2 Å². The molecule has 1 aliphatic rings. The van der Waals surface area contributed by atoms with Crippen LogP contribution in [-0.4, -0.2) is 44.0 Å². The molecule has 0 aromatic heterocycles. The van der Waals surface area contributed by atoms with Gasteiger partial charge in [-0.1, -0.05) is 11.6 Å². The van der Waals surface area contributed by atoms with Gasteiger partial charge in [-0.15, -0.1) is 0 Å². The molecule has 0 fully saturated rings. The summed E-state index contributed by atoms with van der Waals surface area (Å²) in [5.74, 6) is 0.585. The summed E-state index contributed by atoms with van der Waals surface area (Å²) < 4.78 is 5.36. The fourth-order valence-electron chi connectivity index (χ4n) is 2.03. The zero-order valence-corrected chi connectivity index (χ0v) is 12.3. The Morgan fingerprint density at radius 2 is 2.20 bits per heavy atom. The third-order valence-electron chi connectivity index (χ3n) is 3.14. The number of hydrogen-bond acceptors (Lipinski definition) is 3. The van der Waals surface area contributed by atoms with Crippen molar-refractivity contribution in [1.82, 2.24) is 4.90 Å². The summed E-state index contributed by atoms with van der Waals surface area (Å²) in [4.78, 5) is 26.7. The predicted octanol–water partition coefficient (Wildman–Crippen LogP) is 1.93. The quantitative estimate of drug-likeness (QED) is 0.853. The average molecular weight is 297 g/mol. The van der Waals surface area contributed by atoms with Crippen LogP contribution in [0.4, 0.5) is 5.69 Å². The number of carbonyl (C=O) groups excluding carboxylic acids is 2. The van der Waals surface area contributed by atoms with Gasteiger partial charge in [0.15, 0.2) is 6.61 Å². The number of carbonyl (C=O) groups is 2. The first-order valence-corrected chi connectivity index (χ1v) is 6.79. The predicted molar refractivity (Wildman–Crippen MR) is 77.2 cm³/mol. The monoisotopic (exact) mass is 296 g/mol. The van der Waals surface area contributed by atoms with Crippen LogP contribution in [0.25, 0.3) is 0 Å². The number of halogens is 1. The highest BCUT2D eigenvalue weighted by molar-refractivity contribution is 6.31. The smallest absolute Gasteiger partial charge is 0.265 e. The molecule has 0 spiro atoms. The van der Waals surface area contributed by atoms with Crippen molar-refractivity contribution in [3.63, 3.8) is 0 Å². The van der Waals surface area contributed by atoms with Crippen molar-refractivity contribution < 1.29 is 14.3 Å². The second-order valence-electron chi connectivity index (χ2n) is 4.84. The second-order valence-corrected chi connectivity index (χ2v) is 5.27. The van der Waals surface area contributed by atoms with Crippen LogP contribution in [0.3, 0.4) is 0 Å². The van der Waals surface area contributed by atoms with Crippen molar-refractivity contribution in [1.29, 1.82) is 0 Å². The molecular formula is C14H17ClN2O3. The summed E-state index contributed by atoms with van der Waals surface area (Å²) in [6.45, 7) is 0.505. The number of anilines is 1. The van der Waals surface area contributed by atoms with Crippen LogP contribution in [0.2, 0.25) is 5.02 Å². The Hall–Kier alpha value is -1.75. The van der Waals surface area contributed by atoms with Crippen LogP contribution >= 0.6 is 11.6 Å². The number of benzene rings is 1. The van der Waals surface area contributed by atoms with E-state index in [9.17, 15) is 9.59 Å². The van der Waals surface area contributed by atoms with E-state index in [1.54, 1.807) is 42.1 Å². The highest BCUT2D eigenvalue weighted by Crippen LogP contribution is 2.34. The van der Waals surface area contributed by atoms with Crippen LogP contribution in [0.1, 0.15) is 12.8 Å². The third kappa shape index (κ3) is 3.22. The lowest BCUT2D eigenvalue weighted by molar-refractivity contribution is -0.129. The van der Waals surface area contributed by atoms with E-state index in [0.717, 1.165) is 0 Å². The third-order valence-corrected chi connectivity index (χ3v) is 3.37. The molecule has 0 N–H and O–H groups in total. The summed E-state index contributed by atoms with van der Waals surface area (Å²) in [6.07, 6.45) is 1.02. The molecule has 0 bridgehead atoms. The lowest BCUT2D eigenvalue weighted by atomic mass is 10.2. The number of ether oxygens (including phenoxy) is 1. The molecule has 1 aromatic carbocycles. The first kappa shape index (κ1) is 14.7. The number of fused-ring (bicyclic) bond motifs is 1. The normalized spacial score (nSPS) is 13.8. The van der Waals surface area contributed by atoms with E-state index < -0.39 is 0 Å². The molecule has 108 valence electrons. The van der Waals surface area contributed by atoms with Crippen molar-refractivity contribution in [2.45, 2.75) is 12.8 Å². The maximum absolute atomic E-state index is 11.9. The molecular weight excluding hydrogens is 280 g/mol. The van der Waals surface area contributed by atoms with Gasteiger partial charge in [-0.2, -0.15) is 0 Å². The van der Waals surface area contributed by atoms with Crippen molar-refractivity contribution in [2.24, 2.45) is 0 Å². The lowest BCUT2D eigenvalue weighted by Crippen LogP contribution is -2.39. The molecule has 0 unspecified atom stereocenters. The number of hydrogen-bond donors (Lipinski definition) is 0. The van der Waals surface area contributed by atoms with E-state index in [1.165, 1.54) is 0 Å². The topological polar surface area (TPSA) is 49.9 Å². The molecule has 0 aliphatic carbocycles. The lowest BCUT2D eigenvalue weighted by Gasteiger charge is -2.29. The molecule has 6 heteroatoms.